The second kappa shape index (κ2) is 5.32. The van der Waals surface area contributed by atoms with Crippen LogP contribution < -0.4 is 5.32 Å². The van der Waals surface area contributed by atoms with Gasteiger partial charge in [-0.1, -0.05) is 12.8 Å². The minimum atomic E-state index is 0.510. The molecule has 1 aromatic rings. The summed E-state index contributed by atoms with van der Waals surface area (Å²) in [5.41, 5.74) is 3.07. The van der Waals surface area contributed by atoms with Gasteiger partial charge in [0.2, 0.25) is 0 Å². The summed E-state index contributed by atoms with van der Waals surface area (Å²) in [6.45, 7) is 2.05. The summed E-state index contributed by atoms with van der Waals surface area (Å²) in [7, 11) is 0. The molecule has 1 N–H and O–H groups in total. The Bertz CT molecular complexity index is 279. The molecular weight excluding hydrogens is 224 g/mol. The summed E-state index contributed by atoms with van der Waals surface area (Å²) in [6, 6.07) is 0. The Morgan fingerprint density at radius 3 is 2.93 bits per heavy atom. The third-order valence-corrected chi connectivity index (χ3v) is 5.24. The van der Waals surface area contributed by atoms with Crippen LogP contribution in [0.15, 0.2) is 10.9 Å². The first-order chi connectivity index (χ1) is 7.35. The van der Waals surface area contributed by atoms with E-state index in [1.807, 2.05) is 17.3 Å². The van der Waals surface area contributed by atoms with Gasteiger partial charge in [0.15, 0.2) is 0 Å². The van der Waals surface area contributed by atoms with E-state index in [0.29, 0.717) is 4.75 Å². The Balaban J connectivity index is 1.77. The third-order valence-electron chi connectivity index (χ3n) is 3.18. The van der Waals surface area contributed by atoms with E-state index in [0.717, 1.165) is 13.1 Å². The molecular formula is C11H18N2S2. The van der Waals surface area contributed by atoms with Crippen molar-refractivity contribution in [1.82, 2.24) is 10.3 Å². The molecule has 0 atom stereocenters. The molecule has 1 heterocycles. The van der Waals surface area contributed by atoms with Crippen molar-refractivity contribution in [3.8, 4) is 0 Å². The molecule has 0 spiro atoms. The van der Waals surface area contributed by atoms with Crippen molar-refractivity contribution in [2.24, 2.45) is 0 Å². The van der Waals surface area contributed by atoms with Gasteiger partial charge in [-0.2, -0.15) is 11.8 Å². The molecule has 2 nitrogen and oxygen atoms in total. The fourth-order valence-corrected chi connectivity index (χ4v) is 3.72. The smallest absolute Gasteiger partial charge is 0.0795 e. The van der Waals surface area contributed by atoms with E-state index in [4.69, 9.17) is 0 Å². The number of nitrogens with one attached hydrogen (secondary N) is 1. The van der Waals surface area contributed by atoms with Gasteiger partial charge in [-0.3, -0.25) is 0 Å². The number of thioether (sulfide) groups is 1. The summed E-state index contributed by atoms with van der Waals surface area (Å²) in [4.78, 5) is 4.28. The monoisotopic (exact) mass is 242 g/mol. The maximum atomic E-state index is 4.28. The summed E-state index contributed by atoms with van der Waals surface area (Å²) in [6.07, 6.45) is 7.80. The molecule has 1 aromatic heterocycles. The Kier molecular flexibility index (Phi) is 4.05. The van der Waals surface area contributed by atoms with E-state index < -0.39 is 0 Å². The number of rotatable bonds is 5. The summed E-state index contributed by atoms with van der Waals surface area (Å²) >= 11 is 3.71. The summed E-state index contributed by atoms with van der Waals surface area (Å²) < 4.78 is 0.510. The van der Waals surface area contributed by atoms with Crippen LogP contribution >= 0.6 is 23.1 Å². The van der Waals surface area contributed by atoms with Crippen molar-refractivity contribution in [2.45, 2.75) is 37.0 Å². The van der Waals surface area contributed by atoms with Crippen LogP contribution in [0, 0.1) is 0 Å². The average molecular weight is 242 g/mol. The van der Waals surface area contributed by atoms with Gasteiger partial charge in [0.05, 0.1) is 11.2 Å². The van der Waals surface area contributed by atoms with Gasteiger partial charge < -0.3 is 5.32 Å². The van der Waals surface area contributed by atoms with E-state index in [1.54, 1.807) is 11.3 Å². The minimum Gasteiger partial charge on any atom is -0.310 e. The number of aromatic nitrogens is 1. The van der Waals surface area contributed by atoms with E-state index in [9.17, 15) is 0 Å². The Hall–Kier alpha value is -0.0600. The fraction of sp³-hybridized carbons (Fsp3) is 0.727. The van der Waals surface area contributed by atoms with Crippen LogP contribution in [0.5, 0.6) is 0 Å². The molecule has 0 aromatic carbocycles. The molecule has 84 valence electrons. The molecule has 1 aliphatic rings. The molecule has 0 saturated heterocycles. The van der Waals surface area contributed by atoms with Crippen LogP contribution in [-0.2, 0) is 6.54 Å². The normalized spacial score (nSPS) is 19.5. The number of nitrogens with zero attached hydrogens (tertiary/aromatic N) is 1. The summed E-state index contributed by atoms with van der Waals surface area (Å²) in [5, 5.41) is 5.66. The highest BCUT2D eigenvalue weighted by atomic mass is 32.2. The number of hydrogen-bond acceptors (Lipinski definition) is 4. The second-order valence-corrected chi connectivity index (χ2v) is 6.17. The number of thiazole rings is 1. The van der Waals surface area contributed by atoms with Gasteiger partial charge in [-0.25, -0.2) is 4.98 Å². The SMILES string of the molecule is CSC1(CNCc2cscn2)CCCC1. The maximum absolute atomic E-state index is 4.28. The molecule has 0 unspecified atom stereocenters. The van der Waals surface area contributed by atoms with Crippen molar-refractivity contribution < 1.29 is 0 Å². The quantitative estimate of drug-likeness (QED) is 0.859. The van der Waals surface area contributed by atoms with Crippen LogP contribution in [0.25, 0.3) is 0 Å². The number of hydrogen-bond donors (Lipinski definition) is 1. The van der Waals surface area contributed by atoms with E-state index in [2.05, 4.69) is 21.9 Å². The highest BCUT2D eigenvalue weighted by Crippen LogP contribution is 2.39. The highest BCUT2D eigenvalue weighted by molar-refractivity contribution is 8.00. The third kappa shape index (κ3) is 2.95. The largest absolute Gasteiger partial charge is 0.310 e. The molecule has 1 aliphatic carbocycles. The van der Waals surface area contributed by atoms with Gasteiger partial charge in [0.25, 0.3) is 0 Å². The van der Waals surface area contributed by atoms with Crippen LogP contribution in [-0.4, -0.2) is 22.5 Å². The van der Waals surface area contributed by atoms with Crippen LogP contribution in [0.1, 0.15) is 31.4 Å². The van der Waals surface area contributed by atoms with Gasteiger partial charge in [0, 0.05) is 23.2 Å². The lowest BCUT2D eigenvalue weighted by atomic mass is 10.1. The van der Waals surface area contributed by atoms with E-state index in [1.165, 1.54) is 31.4 Å². The molecule has 1 fully saturated rings. The van der Waals surface area contributed by atoms with E-state index >= 15 is 0 Å². The molecule has 15 heavy (non-hydrogen) atoms. The van der Waals surface area contributed by atoms with Gasteiger partial charge >= 0.3 is 0 Å². The topological polar surface area (TPSA) is 24.9 Å². The van der Waals surface area contributed by atoms with Gasteiger partial charge in [-0.15, -0.1) is 11.3 Å². The molecule has 4 heteroatoms. The van der Waals surface area contributed by atoms with Crippen molar-refractivity contribution in [1.29, 1.82) is 0 Å². The maximum Gasteiger partial charge on any atom is 0.0795 e. The van der Waals surface area contributed by atoms with Crippen molar-refractivity contribution in [2.75, 3.05) is 12.8 Å². The Morgan fingerprint density at radius 1 is 1.53 bits per heavy atom. The first kappa shape index (κ1) is 11.4. The molecule has 0 radical (unpaired) electrons. The zero-order valence-corrected chi connectivity index (χ0v) is 10.8. The molecule has 0 bridgehead atoms. The minimum absolute atomic E-state index is 0.510. The average Bonchev–Trinajstić information content (AvgIpc) is 2.89. The Labute approximate surface area is 99.9 Å². The predicted octanol–water partition coefficient (Wildman–Crippen LogP) is 2.91. The molecule has 2 rings (SSSR count). The lowest BCUT2D eigenvalue weighted by molar-refractivity contribution is 0.531. The van der Waals surface area contributed by atoms with Gasteiger partial charge in [-0.05, 0) is 19.1 Å². The first-order valence-corrected chi connectivity index (χ1v) is 7.64. The standard InChI is InChI=1S/C11H18N2S2/c1-14-11(4-2-3-5-11)8-12-6-10-7-15-9-13-10/h7,9,12H,2-6,8H2,1H3. The lowest BCUT2D eigenvalue weighted by Crippen LogP contribution is -2.34. The molecule has 0 aliphatic heterocycles. The van der Waals surface area contributed by atoms with Gasteiger partial charge in [0.1, 0.15) is 0 Å². The van der Waals surface area contributed by atoms with Crippen molar-refractivity contribution in [3.05, 3.63) is 16.6 Å². The summed E-state index contributed by atoms with van der Waals surface area (Å²) in [5.74, 6) is 0. The zero-order valence-electron chi connectivity index (χ0n) is 9.16. The Morgan fingerprint density at radius 2 is 2.33 bits per heavy atom. The zero-order chi connectivity index (χ0) is 10.6. The second-order valence-electron chi connectivity index (χ2n) is 4.18. The van der Waals surface area contributed by atoms with Crippen LogP contribution in [0.3, 0.4) is 0 Å². The van der Waals surface area contributed by atoms with Crippen LogP contribution in [0.4, 0.5) is 0 Å². The van der Waals surface area contributed by atoms with Crippen molar-refractivity contribution in [3.63, 3.8) is 0 Å². The molecule has 0 amide bonds. The lowest BCUT2D eigenvalue weighted by Gasteiger charge is -2.26. The molecule has 1 saturated carbocycles. The van der Waals surface area contributed by atoms with Crippen molar-refractivity contribution >= 4 is 23.1 Å². The fourth-order valence-electron chi connectivity index (χ4n) is 2.22. The first-order valence-electron chi connectivity index (χ1n) is 5.48. The van der Waals surface area contributed by atoms with E-state index in [-0.39, 0.29) is 0 Å². The predicted molar refractivity (Wildman–Crippen MR) is 68.5 cm³/mol. The highest BCUT2D eigenvalue weighted by Gasteiger charge is 2.32. The van der Waals surface area contributed by atoms with Crippen LogP contribution in [0.2, 0.25) is 0 Å².